The van der Waals surface area contributed by atoms with E-state index in [4.69, 9.17) is 4.74 Å². The standard InChI is InChI=1S/C14H25NO2/c1-9(2)11-8-17-13-7-5-6-12(10(3)4)15(13)14(11)16/h9-13H,5-8H2,1-4H3/t11-,12+,13+/m1/s1. The van der Waals surface area contributed by atoms with Gasteiger partial charge in [0.1, 0.15) is 6.23 Å². The summed E-state index contributed by atoms with van der Waals surface area (Å²) >= 11 is 0. The third-order valence-electron chi connectivity index (χ3n) is 4.23. The van der Waals surface area contributed by atoms with Gasteiger partial charge in [0.2, 0.25) is 5.91 Å². The van der Waals surface area contributed by atoms with Gasteiger partial charge in [-0.25, -0.2) is 0 Å². The van der Waals surface area contributed by atoms with Gasteiger partial charge in [-0.15, -0.1) is 0 Å². The van der Waals surface area contributed by atoms with Crippen LogP contribution < -0.4 is 0 Å². The fraction of sp³-hybridized carbons (Fsp3) is 0.929. The summed E-state index contributed by atoms with van der Waals surface area (Å²) in [4.78, 5) is 14.6. The zero-order valence-electron chi connectivity index (χ0n) is 11.5. The molecule has 98 valence electrons. The van der Waals surface area contributed by atoms with Crippen LogP contribution in [0.2, 0.25) is 0 Å². The van der Waals surface area contributed by atoms with Crippen LogP contribution in [0.3, 0.4) is 0 Å². The van der Waals surface area contributed by atoms with Crippen molar-refractivity contribution in [2.45, 2.75) is 59.2 Å². The summed E-state index contributed by atoms with van der Waals surface area (Å²) in [5, 5.41) is 0. The van der Waals surface area contributed by atoms with Gasteiger partial charge in [-0.2, -0.15) is 0 Å². The number of carbonyl (C=O) groups excluding carboxylic acids is 1. The topological polar surface area (TPSA) is 29.5 Å². The molecule has 2 saturated heterocycles. The second-order valence-electron chi connectivity index (χ2n) is 6.13. The van der Waals surface area contributed by atoms with Crippen LogP contribution in [0.15, 0.2) is 0 Å². The lowest BCUT2D eigenvalue weighted by atomic mass is 9.86. The molecule has 1 amide bonds. The van der Waals surface area contributed by atoms with Gasteiger partial charge in [-0.3, -0.25) is 4.79 Å². The zero-order chi connectivity index (χ0) is 12.6. The lowest BCUT2D eigenvalue weighted by Gasteiger charge is -2.48. The first-order valence-electron chi connectivity index (χ1n) is 6.96. The second kappa shape index (κ2) is 4.97. The molecular formula is C14H25NO2. The maximum absolute atomic E-state index is 12.6. The Bertz CT molecular complexity index is 288. The average molecular weight is 239 g/mol. The number of amides is 1. The van der Waals surface area contributed by atoms with Gasteiger partial charge in [0.05, 0.1) is 12.5 Å². The van der Waals surface area contributed by atoms with Gasteiger partial charge >= 0.3 is 0 Å². The van der Waals surface area contributed by atoms with Crippen LogP contribution in [0, 0.1) is 17.8 Å². The van der Waals surface area contributed by atoms with Crippen molar-refractivity contribution in [1.82, 2.24) is 4.90 Å². The summed E-state index contributed by atoms with van der Waals surface area (Å²) in [6, 6.07) is 0.378. The molecule has 0 aromatic carbocycles. The highest BCUT2D eigenvalue weighted by Gasteiger charge is 2.43. The maximum atomic E-state index is 12.6. The Hall–Kier alpha value is -0.570. The van der Waals surface area contributed by atoms with Crippen LogP contribution in [0.5, 0.6) is 0 Å². The van der Waals surface area contributed by atoms with Gasteiger partial charge in [-0.05, 0) is 31.1 Å². The number of carbonyl (C=O) groups is 1. The van der Waals surface area contributed by atoms with E-state index in [1.807, 2.05) is 0 Å². The van der Waals surface area contributed by atoms with Crippen molar-refractivity contribution in [3.05, 3.63) is 0 Å². The van der Waals surface area contributed by atoms with Crippen LogP contribution in [0.25, 0.3) is 0 Å². The SMILES string of the molecule is CC(C)[C@H]1CO[C@H]2CCC[C@@H](C(C)C)N2C1=O. The molecule has 2 heterocycles. The highest BCUT2D eigenvalue weighted by Crippen LogP contribution is 2.34. The van der Waals surface area contributed by atoms with Crippen LogP contribution in [0.1, 0.15) is 47.0 Å². The van der Waals surface area contributed by atoms with E-state index in [1.165, 1.54) is 6.42 Å². The first kappa shape index (κ1) is 12.9. The fourth-order valence-corrected chi connectivity index (χ4v) is 3.07. The summed E-state index contributed by atoms with van der Waals surface area (Å²) < 4.78 is 5.91. The Kier molecular flexibility index (Phi) is 3.76. The van der Waals surface area contributed by atoms with Gasteiger partial charge in [-0.1, -0.05) is 27.7 Å². The molecule has 3 atom stereocenters. The highest BCUT2D eigenvalue weighted by molar-refractivity contribution is 5.80. The van der Waals surface area contributed by atoms with Gasteiger partial charge in [0, 0.05) is 6.04 Å². The van der Waals surface area contributed by atoms with E-state index < -0.39 is 0 Å². The van der Waals surface area contributed by atoms with Crippen LogP contribution in [-0.4, -0.2) is 29.7 Å². The molecule has 3 heteroatoms. The summed E-state index contributed by atoms with van der Waals surface area (Å²) in [5.74, 6) is 1.29. The van der Waals surface area contributed by atoms with Crippen molar-refractivity contribution in [2.24, 2.45) is 17.8 Å². The second-order valence-corrected chi connectivity index (χ2v) is 6.13. The number of piperidine rings is 1. The van der Waals surface area contributed by atoms with Crippen molar-refractivity contribution >= 4 is 5.91 Å². The molecule has 2 rings (SSSR count). The Morgan fingerprint density at radius 2 is 1.88 bits per heavy atom. The van der Waals surface area contributed by atoms with Crippen molar-refractivity contribution < 1.29 is 9.53 Å². The number of hydrogen-bond acceptors (Lipinski definition) is 2. The van der Waals surface area contributed by atoms with E-state index in [1.54, 1.807) is 0 Å². The van der Waals surface area contributed by atoms with Crippen LogP contribution in [-0.2, 0) is 9.53 Å². The third kappa shape index (κ3) is 2.35. The van der Waals surface area contributed by atoms with E-state index in [2.05, 4.69) is 32.6 Å². The monoisotopic (exact) mass is 239 g/mol. The van der Waals surface area contributed by atoms with Crippen LogP contribution in [0.4, 0.5) is 0 Å². The molecule has 0 aromatic rings. The molecular weight excluding hydrogens is 214 g/mol. The normalized spacial score (nSPS) is 34.4. The number of ether oxygens (including phenoxy) is 1. The smallest absolute Gasteiger partial charge is 0.230 e. The molecule has 0 aromatic heterocycles. The van der Waals surface area contributed by atoms with Crippen molar-refractivity contribution in [3.8, 4) is 0 Å². The first-order valence-corrected chi connectivity index (χ1v) is 6.96. The minimum absolute atomic E-state index is 0.0543. The van der Waals surface area contributed by atoms with Crippen molar-refractivity contribution in [3.63, 3.8) is 0 Å². The molecule has 3 nitrogen and oxygen atoms in total. The quantitative estimate of drug-likeness (QED) is 0.741. The summed E-state index contributed by atoms with van der Waals surface area (Å²) in [6.07, 6.45) is 3.39. The Morgan fingerprint density at radius 1 is 1.18 bits per heavy atom. The molecule has 17 heavy (non-hydrogen) atoms. The number of fused-ring (bicyclic) bond motifs is 1. The van der Waals surface area contributed by atoms with E-state index in [-0.39, 0.29) is 12.1 Å². The predicted molar refractivity (Wildman–Crippen MR) is 67.4 cm³/mol. The molecule has 0 N–H and O–H groups in total. The Labute approximate surface area is 105 Å². The minimum Gasteiger partial charge on any atom is -0.357 e. The largest absolute Gasteiger partial charge is 0.357 e. The highest BCUT2D eigenvalue weighted by atomic mass is 16.5. The number of rotatable bonds is 2. The molecule has 0 radical (unpaired) electrons. The first-order chi connectivity index (χ1) is 8.02. The van der Waals surface area contributed by atoms with Gasteiger partial charge < -0.3 is 9.64 Å². The number of hydrogen-bond donors (Lipinski definition) is 0. The fourth-order valence-electron chi connectivity index (χ4n) is 3.07. The predicted octanol–water partition coefficient (Wildman–Crippen LogP) is 2.65. The summed E-state index contributed by atoms with van der Waals surface area (Å²) in [5.41, 5.74) is 0. The molecule has 2 aliphatic rings. The summed E-state index contributed by atoms with van der Waals surface area (Å²) in [6.45, 7) is 9.25. The summed E-state index contributed by atoms with van der Waals surface area (Å²) in [7, 11) is 0. The Balaban J connectivity index is 2.18. The maximum Gasteiger partial charge on any atom is 0.230 e. The van der Waals surface area contributed by atoms with Gasteiger partial charge in [0.15, 0.2) is 0 Å². The Morgan fingerprint density at radius 3 is 2.47 bits per heavy atom. The molecule has 0 spiro atoms. The van der Waals surface area contributed by atoms with E-state index in [0.717, 1.165) is 12.8 Å². The lowest BCUT2D eigenvalue weighted by molar-refractivity contribution is -0.190. The zero-order valence-corrected chi connectivity index (χ0v) is 11.5. The molecule has 0 unspecified atom stereocenters. The van der Waals surface area contributed by atoms with E-state index >= 15 is 0 Å². The van der Waals surface area contributed by atoms with Crippen molar-refractivity contribution in [2.75, 3.05) is 6.61 Å². The van der Waals surface area contributed by atoms with Crippen LogP contribution >= 0.6 is 0 Å². The molecule has 0 aliphatic carbocycles. The average Bonchev–Trinajstić information content (AvgIpc) is 2.28. The third-order valence-corrected chi connectivity index (χ3v) is 4.23. The number of nitrogens with zero attached hydrogens (tertiary/aromatic N) is 1. The molecule has 2 fully saturated rings. The van der Waals surface area contributed by atoms with Gasteiger partial charge in [0.25, 0.3) is 0 Å². The minimum atomic E-state index is 0.0543. The van der Waals surface area contributed by atoms with Crippen molar-refractivity contribution in [1.29, 1.82) is 0 Å². The molecule has 0 bridgehead atoms. The molecule has 2 aliphatic heterocycles. The van der Waals surface area contributed by atoms with E-state index in [0.29, 0.717) is 30.4 Å². The molecule has 0 saturated carbocycles. The van der Waals surface area contributed by atoms with E-state index in [9.17, 15) is 4.79 Å². The lowest BCUT2D eigenvalue weighted by Crippen LogP contribution is -2.59.